The summed E-state index contributed by atoms with van der Waals surface area (Å²) in [5, 5.41) is 20.7. The van der Waals surface area contributed by atoms with Gasteiger partial charge >= 0.3 is 0 Å². The summed E-state index contributed by atoms with van der Waals surface area (Å²) in [7, 11) is 0. The third-order valence-electron chi connectivity index (χ3n) is 4.57. The molecule has 1 aliphatic carbocycles. The highest BCUT2D eigenvalue weighted by Crippen LogP contribution is 2.39. The number of benzene rings is 1. The Hall–Kier alpha value is -1.76. The molecule has 114 valence electrons. The second-order valence-corrected chi connectivity index (χ2v) is 5.81. The number of nitro benzene ring substituents is 1. The molecule has 3 rings (SSSR count). The van der Waals surface area contributed by atoms with E-state index in [-0.39, 0.29) is 11.7 Å². The zero-order valence-corrected chi connectivity index (χ0v) is 11.3. The Balaban J connectivity index is 1.98. The zero-order valence-electron chi connectivity index (χ0n) is 11.3. The van der Waals surface area contributed by atoms with E-state index in [1.165, 1.54) is 4.90 Å². The molecular weight excluding hydrogens is 282 g/mol. The minimum atomic E-state index is -0.946. The molecule has 1 aromatic carbocycles. The van der Waals surface area contributed by atoms with Crippen LogP contribution in [0.2, 0.25) is 0 Å². The number of aliphatic hydroxyl groups is 1. The van der Waals surface area contributed by atoms with E-state index in [1.807, 2.05) is 0 Å². The van der Waals surface area contributed by atoms with E-state index < -0.39 is 28.3 Å². The van der Waals surface area contributed by atoms with Gasteiger partial charge in [0.2, 0.25) is 0 Å². The maximum absolute atomic E-state index is 14.1. The highest BCUT2D eigenvalue weighted by molar-refractivity contribution is 5.55. The lowest BCUT2D eigenvalue weighted by molar-refractivity contribution is -0.385. The summed E-state index contributed by atoms with van der Waals surface area (Å²) in [4.78, 5) is 11.4. The fraction of sp³-hybridized carbons (Fsp3) is 0.571. The largest absolute Gasteiger partial charge is 0.391 e. The van der Waals surface area contributed by atoms with Gasteiger partial charge in [-0.3, -0.25) is 10.1 Å². The molecule has 2 fully saturated rings. The van der Waals surface area contributed by atoms with E-state index in [2.05, 4.69) is 0 Å². The number of nitrogens with zero attached hydrogens (tertiary/aromatic N) is 2. The number of hydrogen-bond donors (Lipinski definition) is 1. The number of non-ortho nitro benzene ring substituents is 1. The van der Waals surface area contributed by atoms with Gasteiger partial charge in [-0.05, 0) is 31.6 Å². The van der Waals surface area contributed by atoms with Gasteiger partial charge < -0.3 is 10.0 Å². The van der Waals surface area contributed by atoms with Crippen molar-refractivity contribution in [3.63, 3.8) is 0 Å². The molecular formula is C14H16F2N2O3. The van der Waals surface area contributed by atoms with Crippen molar-refractivity contribution in [2.75, 3.05) is 11.4 Å². The average Bonchev–Trinajstić information content (AvgIpc) is 2.44. The molecule has 1 saturated carbocycles. The maximum Gasteiger partial charge on any atom is 0.275 e. The Bertz CT molecular complexity index is 558. The van der Waals surface area contributed by atoms with Crippen LogP contribution in [0.5, 0.6) is 0 Å². The number of piperidine rings is 1. The molecule has 1 aliphatic heterocycles. The highest BCUT2D eigenvalue weighted by atomic mass is 19.1. The molecule has 3 atom stereocenters. The number of aliphatic hydroxyl groups excluding tert-OH is 1. The van der Waals surface area contributed by atoms with Crippen LogP contribution in [0, 0.1) is 27.7 Å². The Morgan fingerprint density at radius 3 is 2.52 bits per heavy atom. The van der Waals surface area contributed by atoms with Crippen molar-refractivity contribution in [3.05, 3.63) is 33.9 Å². The molecule has 0 spiro atoms. The van der Waals surface area contributed by atoms with Crippen molar-refractivity contribution in [2.45, 2.75) is 37.8 Å². The molecule has 0 amide bonds. The van der Waals surface area contributed by atoms with E-state index in [0.29, 0.717) is 25.3 Å². The summed E-state index contributed by atoms with van der Waals surface area (Å²) in [6, 6.07) is 1.15. The van der Waals surface area contributed by atoms with Crippen molar-refractivity contribution in [1.29, 1.82) is 0 Å². The molecule has 1 saturated heterocycles. The number of halogens is 2. The van der Waals surface area contributed by atoms with Gasteiger partial charge in [0.25, 0.3) is 5.69 Å². The molecule has 2 bridgehead atoms. The van der Waals surface area contributed by atoms with Gasteiger partial charge in [0.15, 0.2) is 11.6 Å². The molecule has 1 aromatic rings. The molecule has 0 radical (unpaired) electrons. The fourth-order valence-electron chi connectivity index (χ4n) is 3.51. The standard InChI is InChI=1S/C14H16F2N2O3/c15-10-6-9(18(20)21)7-11(16)14(10)17-4-3-8-1-2-13(19)12(17)5-8/h6-8,12-13,19H,1-5H2. The number of rotatable bonds is 2. The normalized spacial score (nSPS) is 28.5. The van der Waals surface area contributed by atoms with Gasteiger partial charge in [-0.25, -0.2) is 8.78 Å². The van der Waals surface area contributed by atoms with Gasteiger partial charge in [0.1, 0.15) is 5.69 Å². The lowest BCUT2D eigenvalue weighted by atomic mass is 9.78. The van der Waals surface area contributed by atoms with Crippen LogP contribution in [0.4, 0.5) is 20.2 Å². The smallest absolute Gasteiger partial charge is 0.275 e. The predicted molar refractivity (Wildman–Crippen MR) is 72.1 cm³/mol. The van der Waals surface area contributed by atoms with E-state index >= 15 is 0 Å². The molecule has 1 N–H and O–H groups in total. The average molecular weight is 298 g/mol. The first-order valence-corrected chi connectivity index (χ1v) is 7.05. The van der Waals surface area contributed by atoms with Crippen LogP contribution in [0.15, 0.2) is 12.1 Å². The SMILES string of the molecule is O=[N+]([O-])c1cc(F)c(N2CCC3CCC(O)C2C3)c(F)c1. The monoisotopic (exact) mass is 298 g/mol. The van der Waals surface area contributed by atoms with Crippen LogP contribution < -0.4 is 4.90 Å². The molecule has 3 unspecified atom stereocenters. The first kappa shape index (κ1) is 14.2. The lowest BCUT2D eigenvalue weighted by Gasteiger charge is -2.46. The van der Waals surface area contributed by atoms with Crippen LogP contribution in [0.25, 0.3) is 0 Å². The first-order chi connectivity index (χ1) is 9.97. The predicted octanol–water partition coefficient (Wildman–Crippen LogP) is 2.61. The topological polar surface area (TPSA) is 66.6 Å². The van der Waals surface area contributed by atoms with Gasteiger partial charge in [-0.2, -0.15) is 0 Å². The van der Waals surface area contributed by atoms with Gasteiger partial charge in [0.05, 0.1) is 29.2 Å². The summed E-state index contributed by atoms with van der Waals surface area (Å²) in [5.41, 5.74) is -0.863. The minimum Gasteiger partial charge on any atom is -0.391 e. The third kappa shape index (κ3) is 2.46. The molecule has 1 heterocycles. The summed E-state index contributed by atoms with van der Waals surface area (Å²) in [6.45, 7) is 0.456. The summed E-state index contributed by atoms with van der Waals surface area (Å²) in [6.07, 6.45) is 2.48. The van der Waals surface area contributed by atoms with E-state index in [9.17, 15) is 24.0 Å². The second-order valence-electron chi connectivity index (χ2n) is 5.81. The third-order valence-corrected chi connectivity index (χ3v) is 4.57. The Labute approximate surface area is 120 Å². The summed E-state index contributed by atoms with van der Waals surface area (Å²) < 4.78 is 28.3. The van der Waals surface area contributed by atoms with E-state index in [0.717, 1.165) is 25.0 Å². The Morgan fingerprint density at radius 1 is 1.24 bits per heavy atom. The van der Waals surface area contributed by atoms with Gasteiger partial charge in [-0.15, -0.1) is 0 Å². The van der Waals surface area contributed by atoms with Crippen LogP contribution in [-0.2, 0) is 0 Å². The number of fused-ring (bicyclic) bond motifs is 2. The van der Waals surface area contributed by atoms with E-state index in [4.69, 9.17) is 0 Å². The fourth-order valence-corrected chi connectivity index (χ4v) is 3.51. The zero-order chi connectivity index (χ0) is 15.1. The van der Waals surface area contributed by atoms with Crippen LogP contribution >= 0.6 is 0 Å². The molecule has 7 heteroatoms. The highest BCUT2D eigenvalue weighted by Gasteiger charge is 2.39. The van der Waals surface area contributed by atoms with Gasteiger partial charge in [-0.1, -0.05) is 0 Å². The molecule has 2 aliphatic rings. The molecule has 21 heavy (non-hydrogen) atoms. The van der Waals surface area contributed by atoms with Crippen molar-refractivity contribution in [3.8, 4) is 0 Å². The first-order valence-electron chi connectivity index (χ1n) is 7.05. The summed E-state index contributed by atoms with van der Waals surface area (Å²) >= 11 is 0. The van der Waals surface area contributed by atoms with Crippen molar-refractivity contribution in [2.24, 2.45) is 5.92 Å². The quantitative estimate of drug-likeness (QED) is 0.673. The maximum atomic E-state index is 14.1. The number of hydrogen-bond acceptors (Lipinski definition) is 4. The second kappa shape index (κ2) is 5.22. The van der Waals surface area contributed by atoms with Crippen LogP contribution in [-0.4, -0.2) is 28.7 Å². The van der Waals surface area contributed by atoms with Crippen molar-refractivity contribution >= 4 is 11.4 Å². The molecule has 0 aromatic heterocycles. The number of nitro groups is 1. The Morgan fingerprint density at radius 2 is 1.90 bits per heavy atom. The van der Waals surface area contributed by atoms with Crippen LogP contribution in [0.1, 0.15) is 25.7 Å². The molecule has 5 nitrogen and oxygen atoms in total. The van der Waals surface area contributed by atoms with E-state index in [1.54, 1.807) is 0 Å². The van der Waals surface area contributed by atoms with Gasteiger partial charge in [0, 0.05) is 6.54 Å². The Kier molecular flexibility index (Phi) is 3.52. The van der Waals surface area contributed by atoms with Crippen molar-refractivity contribution in [1.82, 2.24) is 0 Å². The van der Waals surface area contributed by atoms with Crippen molar-refractivity contribution < 1.29 is 18.8 Å². The number of anilines is 1. The minimum absolute atomic E-state index is 0.259. The summed E-state index contributed by atoms with van der Waals surface area (Å²) in [5.74, 6) is -1.41. The lowest BCUT2D eigenvalue weighted by Crippen LogP contribution is -2.52. The van der Waals surface area contributed by atoms with Crippen LogP contribution in [0.3, 0.4) is 0 Å².